The Kier molecular flexibility index (Phi) is 7.91. The summed E-state index contributed by atoms with van der Waals surface area (Å²) in [5, 5.41) is 0. The quantitative estimate of drug-likeness (QED) is 0.674. The molecule has 28 heavy (non-hydrogen) atoms. The normalized spacial score (nSPS) is 14.8. The molecule has 0 atom stereocenters. The van der Waals surface area contributed by atoms with Gasteiger partial charge in [0.25, 0.3) is 0 Å². The molecule has 1 aliphatic rings. The minimum absolute atomic E-state index is 0.00961. The van der Waals surface area contributed by atoms with Crippen LogP contribution in [0.4, 0.5) is 0 Å². The summed E-state index contributed by atoms with van der Waals surface area (Å²) in [7, 11) is 1.61. The zero-order chi connectivity index (χ0) is 20.7. The second kappa shape index (κ2) is 10.2. The first-order valence-electron chi connectivity index (χ1n) is 9.88. The van der Waals surface area contributed by atoms with Crippen LogP contribution in [0.3, 0.4) is 0 Å². The number of carbonyl (C=O) groups is 2. The van der Waals surface area contributed by atoms with Gasteiger partial charge in [0.1, 0.15) is 0 Å². The Balaban J connectivity index is 1.94. The Bertz CT molecular complexity index is 704. The number of hydrogen-bond acceptors (Lipinski definition) is 4. The summed E-state index contributed by atoms with van der Waals surface area (Å²) in [5.41, 5.74) is 0.871. The van der Waals surface area contributed by atoms with E-state index in [1.54, 1.807) is 24.2 Å². The van der Waals surface area contributed by atoms with Crippen molar-refractivity contribution < 1.29 is 19.1 Å². The Morgan fingerprint density at radius 3 is 2.25 bits per heavy atom. The molecule has 1 aliphatic heterocycles. The highest BCUT2D eigenvalue weighted by atomic mass is 16.5. The van der Waals surface area contributed by atoms with Crippen molar-refractivity contribution in [3.8, 4) is 11.5 Å². The predicted octanol–water partition coefficient (Wildman–Crippen LogP) is 3.07. The lowest BCUT2D eigenvalue weighted by Gasteiger charge is -2.35. The van der Waals surface area contributed by atoms with Crippen LogP contribution >= 0.6 is 0 Å². The highest BCUT2D eigenvalue weighted by molar-refractivity contribution is 5.92. The topological polar surface area (TPSA) is 59.1 Å². The summed E-state index contributed by atoms with van der Waals surface area (Å²) >= 11 is 0. The molecule has 2 rings (SSSR count). The molecule has 6 nitrogen and oxygen atoms in total. The van der Waals surface area contributed by atoms with Crippen LogP contribution in [0.5, 0.6) is 11.5 Å². The zero-order valence-corrected chi connectivity index (χ0v) is 17.6. The number of nitrogens with zero attached hydrogens (tertiary/aromatic N) is 2. The van der Waals surface area contributed by atoms with E-state index in [4.69, 9.17) is 9.47 Å². The fraction of sp³-hybridized carbons (Fsp3) is 0.545. The number of benzene rings is 1. The molecule has 1 saturated heterocycles. The standard InChI is InChI=1S/C22H32N2O4/c1-16(2)15-28-19-8-6-18(14-20(19)27-5)7-9-21(25)23-10-12-24(13-11-23)22(26)17(3)4/h6-9,14,16-17H,10-13,15H2,1-5H3/b9-7+. The van der Waals surface area contributed by atoms with Crippen LogP contribution in [-0.4, -0.2) is 61.5 Å². The van der Waals surface area contributed by atoms with Crippen molar-refractivity contribution in [3.05, 3.63) is 29.8 Å². The van der Waals surface area contributed by atoms with Crippen LogP contribution in [0.25, 0.3) is 6.08 Å². The molecule has 154 valence electrons. The summed E-state index contributed by atoms with van der Waals surface area (Å²) < 4.78 is 11.2. The van der Waals surface area contributed by atoms with Crippen LogP contribution in [0.1, 0.15) is 33.3 Å². The monoisotopic (exact) mass is 388 g/mol. The van der Waals surface area contributed by atoms with Crippen LogP contribution in [0.2, 0.25) is 0 Å². The molecule has 0 aliphatic carbocycles. The van der Waals surface area contributed by atoms with Gasteiger partial charge in [0, 0.05) is 38.2 Å². The minimum Gasteiger partial charge on any atom is -0.493 e. The van der Waals surface area contributed by atoms with Crippen molar-refractivity contribution in [2.75, 3.05) is 39.9 Å². The predicted molar refractivity (Wildman–Crippen MR) is 110 cm³/mol. The Morgan fingerprint density at radius 1 is 1.04 bits per heavy atom. The van der Waals surface area contributed by atoms with E-state index in [1.807, 2.05) is 36.9 Å². The number of amides is 2. The third kappa shape index (κ3) is 6.01. The van der Waals surface area contributed by atoms with Crippen LogP contribution in [-0.2, 0) is 9.59 Å². The fourth-order valence-electron chi connectivity index (χ4n) is 2.95. The molecule has 0 aromatic heterocycles. The molecule has 1 aromatic carbocycles. The molecular weight excluding hydrogens is 356 g/mol. The number of rotatable bonds is 7. The van der Waals surface area contributed by atoms with Gasteiger partial charge in [0.05, 0.1) is 13.7 Å². The zero-order valence-electron chi connectivity index (χ0n) is 17.6. The van der Waals surface area contributed by atoms with E-state index in [-0.39, 0.29) is 17.7 Å². The first-order valence-corrected chi connectivity index (χ1v) is 9.88. The van der Waals surface area contributed by atoms with Crippen LogP contribution < -0.4 is 9.47 Å². The van der Waals surface area contributed by atoms with Gasteiger partial charge in [-0.05, 0) is 29.7 Å². The third-order valence-electron chi connectivity index (χ3n) is 4.58. The van der Waals surface area contributed by atoms with Crippen molar-refractivity contribution >= 4 is 17.9 Å². The van der Waals surface area contributed by atoms with Crippen LogP contribution in [0.15, 0.2) is 24.3 Å². The lowest BCUT2D eigenvalue weighted by Crippen LogP contribution is -2.51. The number of methoxy groups -OCH3 is 1. The largest absolute Gasteiger partial charge is 0.493 e. The summed E-state index contributed by atoms with van der Waals surface area (Å²) in [6.07, 6.45) is 3.35. The summed E-state index contributed by atoms with van der Waals surface area (Å²) in [6.45, 7) is 10.9. The van der Waals surface area contributed by atoms with Gasteiger partial charge in [-0.25, -0.2) is 0 Å². The van der Waals surface area contributed by atoms with Crippen molar-refractivity contribution in [2.45, 2.75) is 27.7 Å². The lowest BCUT2D eigenvalue weighted by molar-refractivity contribution is -0.139. The smallest absolute Gasteiger partial charge is 0.246 e. The molecule has 0 spiro atoms. The Hall–Kier alpha value is -2.50. The van der Waals surface area contributed by atoms with E-state index in [9.17, 15) is 9.59 Å². The Labute approximate surface area is 168 Å². The highest BCUT2D eigenvalue weighted by Crippen LogP contribution is 2.29. The van der Waals surface area contributed by atoms with Gasteiger partial charge >= 0.3 is 0 Å². The molecule has 0 bridgehead atoms. The molecule has 1 heterocycles. The first kappa shape index (κ1) is 21.8. The maximum atomic E-state index is 12.5. The molecule has 0 unspecified atom stereocenters. The van der Waals surface area contributed by atoms with Gasteiger partial charge in [0.2, 0.25) is 11.8 Å². The van der Waals surface area contributed by atoms with E-state index < -0.39 is 0 Å². The summed E-state index contributed by atoms with van der Waals surface area (Å²) in [4.78, 5) is 28.1. The molecule has 1 aromatic rings. The summed E-state index contributed by atoms with van der Waals surface area (Å²) in [5.74, 6) is 1.87. The number of ether oxygens (including phenoxy) is 2. The molecule has 2 amide bonds. The lowest BCUT2D eigenvalue weighted by atomic mass is 10.1. The number of hydrogen-bond donors (Lipinski definition) is 0. The van der Waals surface area contributed by atoms with E-state index in [0.29, 0.717) is 50.2 Å². The van der Waals surface area contributed by atoms with E-state index in [0.717, 1.165) is 5.56 Å². The molecule has 0 saturated carbocycles. The van der Waals surface area contributed by atoms with Gasteiger partial charge in [-0.3, -0.25) is 9.59 Å². The molecule has 6 heteroatoms. The van der Waals surface area contributed by atoms with E-state index in [1.165, 1.54) is 0 Å². The Morgan fingerprint density at radius 2 is 1.68 bits per heavy atom. The maximum Gasteiger partial charge on any atom is 0.246 e. The van der Waals surface area contributed by atoms with Gasteiger partial charge in [-0.15, -0.1) is 0 Å². The van der Waals surface area contributed by atoms with Gasteiger partial charge in [-0.2, -0.15) is 0 Å². The SMILES string of the molecule is COc1cc(/C=C/C(=O)N2CCN(C(=O)C(C)C)CC2)ccc1OCC(C)C. The fourth-order valence-corrected chi connectivity index (χ4v) is 2.95. The van der Waals surface area contributed by atoms with Gasteiger partial charge in [-0.1, -0.05) is 33.8 Å². The average molecular weight is 389 g/mol. The van der Waals surface area contributed by atoms with E-state index >= 15 is 0 Å². The third-order valence-corrected chi connectivity index (χ3v) is 4.58. The number of piperazine rings is 1. The highest BCUT2D eigenvalue weighted by Gasteiger charge is 2.24. The number of carbonyl (C=O) groups excluding carboxylic acids is 2. The summed E-state index contributed by atoms with van der Waals surface area (Å²) in [6, 6.07) is 5.63. The van der Waals surface area contributed by atoms with Crippen molar-refractivity contribution in [2.24, 2.45) is 11.8 Å². The second-order valence-electron chi connectivity index (χ2n) is 7.75. The van der Waals surface area contributed by atoms with Crippen molar-refractivity contribution in [1.82, 2.24) is 9.80 Å². The first-order chi connectivity index (χ1) is 13.3. The second-order valence-corrected chi connectivity index (χ2v) is 7.75. The molecule has 0 radical (unpaired) electrons. The van der Waals surface area contributed by atoms with Crippen molar-refractivity contribution in [3.63, 3.8) is 0 Å². The average Bonchev–Trinajstić information content (AvgIpc) is 2.70. The van der Waals surface area contributed by atoms with Crippen LogP contribution in [0, 0.1) is 11.8 Å². The van der Waals surface area contributed by atoms with Gasteiger partial charge in [0.15, 0.2) is 11.5 Å². The molecule has 1 fully saturated rings. The van der Waals surface area contributed by atoms with Crippen molar-refractivity contribution in [1.29, 1.82) is 0 Å². The van der Waals surface area contributed by atoms with E-state index in [2.05, 4.69) is 13.8 Å². The molecule has 0 N–H and O–H groups in total. The minimum atomic E-state index is -0.0456. The maximum absolute atomic E-state index is 12.5. The van der Waals surface area contributed by atoms with Gasteiger partial charge < -0.3 is 19.3 Å². The molecular formula is C22H32N2O4.